The van der Waals surface area contributed by atoms with Gasteiger partial charge in [-0.05, 0) is 24.7 Å². The Kier molecular flexibility index (Phi) is 9.85. The Morgan fingerprint density at radius 1 is 1.28 bits per heavy atom. The maximum Gasteiger partial charge on any atom is 0.244 e. The number of carbonyl (C=O) groups is 1. The van der Waals surface area contributed by atoms with Gasteiger partial charge in [-0.1, -0.05) is 6.07 Å². The lowest BCUT2D eigenvalue weighted by Crippen LogP contribution is -2.51. The Morgan fingerprint density at radius 3 is 2.48 bits per heavy atom. The number of aryl methyl sites for hydroxylation is 1. The number of benzene rings is 1. The monoisotopic (exact) mass is 447 g/mol. The number of likely N-dealkylation sites (N-methyl/N-ethyl adjacent to an activating group) is 1. The second-order valence-corrected chi connectivity index (χ2v) is 6.74. The summed E-state index contributed by atoms with van der Waals surface area (Å²) in [5.74, 6) is -0.0412. The van der Waals surface area contributed by atoms with Crippen LogP contribution >= 0.6 is 24.8 Å². The molecule has 0 aliphatic carbocycles. The second kappa shape index (κ2) is 11.3. The van der Waals surface area contributed by atoms with Crippen molar-refractivity contribution in [1.82, 2.24) is 24.9 Å². The van der Waals surface area contributed by atoms with Crippen LogP contribution in [0.1, 0.15) is 17.2 Å². The summed E-state index contributed by atoms with van der Waals surface area (Å²) in [6.45, 7) is 3.46. The fourth-order valence-electron chi connectivity index (χ4n) is 3.40. The van der Waals surface area contributed by atoms with Crippen LogP contribution in [0.5, 0.6) is 5.75 Å². The summed E-state index contributed by atoms with van der Waals surface area (Å²) in [5.41, 5.74) is 1.76. The SMILES string of the molecule is CNC(C(=O)N1CCN(Cc2ccc(OC)c(F)c2)CC1)c1cnn(C)c1.Cl.Cl. The van der Waals surface area contributed by atoms with Crippen molar-refractivity contribution in [3.63, 3.8) is 0 Å². The number of piperazine rings is 1. The molecule has 1 atom stereocenters. The van der Waals surface area contributed by atoms with Crippen molar-refractivity contribution in [3.8, 4) is 5.75 Å². The molecule has 1 unspecified atom stereocenters. The van der Waals surface area contributed by atoms with E-state index in [2.05, 4.69) is 15.3 Å². The second-order valence-electron chi connectivity index (χ2n) is 6.74. The summed E-state index contributed by atoms with van der Waals surface area (Å²) in [4.78, 5) is 17.0. The number of methoxy groups -OCH3 is 1. The maximum absolute atomic E-state index is 13.9. The van der Waals surface area contributed by atoms with E-state index in [4.69, 9.17) is 4.74 Å². The molecule has 1 saturated heterocycles. The summed E-state index contributed by atoms with van der Waals surface area (Å²) < 4.78 is 20.5. The molecule has 1 aromatic heterocycles. The highest BCUT2D eigenvalue weighted by Crippen LogP contribution is 2.20. The minimum absolute atomic E-state index is 0. The van der Waals surface area contributed by atoms with Crippen molar-refractivity contribution in [2.75, 3.05) is 40.3 Å². The Morgan fingerprint density at radius 2 is 1.97 bits per heavy atom. The van der Waals surface area contributed by atoms with Gasteiger partial charge in [0.05, 0.1) is 13.3 Å². The molecule has 1 amide bonds. The van der Waals surface area contributed by atoms with Crippen LogP contribution in [0.3, 0.4) is 0 Å². The fourth-order valence-corrected chi connectivity index (χ4v) is 3.40. The van der Waals surface area contributed by atoms with Gasteiger partial charge in [-0.2, -0.15) is 5.10 Å². The molecule has 0 bridgehead atoms. The first-order valence-corrected chi connectivity index (χ1v) is 9.01. The van der Waals surface area contributed by atoms with Crippen LogP contribution in [0.4, 0.5) is 4.39 Å². The number of nitrogens with one attached hydrogen (secondary N) is 1. The number of nitrogens with zero attached hydrogens (tertiary/aromatic N) is 4. The van der Waals surface area contributed by atoms with E-state index in [-0.39, 0.29) is 48.3 Å². The summed E-state index contributed by atoms with van der Waals surface area (Å²) in [6.07, 6.45) is 3.57. The largest absolute Gasteiger partial charge is 0.494 e. The molecule has 0 radical (unpaired) electrons. The van der Waals surface area contributed by atoms with Gasteiger partial charge in [-0.25, -0.2) is 4.39 Å². The van der Waals surface area contributed by atoms with Crippen molar-refractivity contribution >= 4 is 30.7 Å². The van der Waals surface area contributed by atoms with Crippen LogP contribution < -0.4 is 10.1 Å². The van der Waals surface area contributed by atoms with Crippen LogP contribution in [0.2, 0.25) is 0 Å². The zero-order valence-corrected chi connectivity index (χ0v) is 18.4. The standard InChI is InChI=1S/C19H26FN5O2.2ClH/c1-21-18(15-11-22-23(2)13-15)19(26)25-8-6-24(7-9-25)12-14-4-5-17(27-3)16(20)10-14;;/h4-5,10-11,13,18,21H,6-9,12H2,1-3H3;2*1H. The zero-order valence-electron chi connectivity index (χ0n) is 16.8. The Balaban J connectivity index is 0.00000210. The Labute approximate surface area is 183 Å². The lowest BCUT2D eigenvalue weighted by atomic mass is 10.1. The highest BCUT2D eigenvalue weighted by atomic mass is 35.5. The van der Waals surface area contributed by atoms with Crippen molar-refractivity contribution < 1.29 is 13.9 Å². The van der Waals surface area contributed by atoms with E-state index in [1.807, 2.05) is 24.2 Å². The first-order chi connectivity index (χ1) is 13.0. The van der Waals surface area contributed by atoms with E-state index < -0.39 is 0 Å². The molecule has 2 aromatic rings. The van der Waals surface area contributed by atoms with Crippen LogP contribution in [-0.4, -0.2) is 65.8 Å². The molecule has 10 heteroatoms. The van der Waals surface area contributed by atoms with E-state index in [0.717, 1.165) is 24.2 Å². The normalized spacial score (nSPS) is 15.2. The van der Waals surface area contributed by atoms with Crippen LogP contribution in [-0.2, 0) is 18.4 Å². The lowest BCUT2D eigenvalue weighted by Gasteiger charge is -2.36. The van der Waals surface area contributed by atoms with E-state index >= 15 is 0 Å². The van der Waals surface area contributed by atoms with Gasteiger partial charge in [0, 0.05) is 51.5 Å². The number of hydrogen-bond donors (Lipinski definition) is 1. The zero-order chi connectivity index (χ0) is 19.4. The molecule has 1 aliphatic rings. The third kappa shape index (κ3) is 6.05. The molecule has 1 aromatic carbocycles. The molecule has 162 valence electrons. The molecular formula is C19H28Cl2FN5O2. The van der Waals surface area contributed by atoms with Gasteiger partial charge in [0.1, 0.15) is 6.04 Å². The third-order valence-electron chi connectivity index (χ3n) is 4.90. The van der Waals surface area contributed by atoms with Gasteiger partial charge >= 0.3 is 0 Å². The number of aromatic nitrogens is 2. The van der Waals surface area contributed by atoms with E-state index in [0.29, 0.717) is 19.6 Å². The maximum atomic E-state index is 13.9. The minimum Gasteiger partial charge on any atom is -0.494 e. The van der Waals surface area contributed by atoms with Gasteiger partial charge in [0.2, 0.25) is 5.91 Å². The van der Waals surface area contributed by atoms with Crippen molar-refractivity contribution in [1.29, 1.82) is 0 Å². The molecule has 0 spiro atoms. The highest BCUT2D eigenvalue weighted by Gasteiger charge is 2.28. The topological polar surface area (TPSA) is 62.6 Å². The smallest absolute Gasteiger partial charge is 0.244 e. The molecule has 1 aliphatic heterocycles. The predicted octanol–water partition coefficient (Wildman–Crippen LogP) is 2.02. The number of halogens is 3. The quantitative estimate of drug-likeness (QED) is 0.733. The number of ether oxygens (including phenoxy) is 1. The average molecular weight is 448 g/mol. The Bertz CT molecular complexity index is 797. The molecule has 29 heavy (non-hydrogen) atoms. The first-order valence-electron chi connectivity index (χ1n) is 9.01. The lowest BCUT2D eigenvalue weighted by molar-refractivity contribution is -0.135. The third-order valence-corrected chi connectivity index (χ3v) is 4.90. The van der Waals surface area contributed by atoms with Crippen molar-refractivity contribution in [2.45, 2.75) is 12.6 Å². The van der Waals surface area contributed by atoms with Gasteiger partial charge in [0.25, 0.3) is 0 Å². The number of rotatable bonds is 6. The summed E-state index contributed by atoms with van der Waals surface area (Å²) >= 11 is 0. The van der Waals surface area contributed by atoms with Gasteiger partial charge in [0.15, 0.2) is 11.6 Å². The number of hydrogen-bond acceptors (Lipinski definition) is 5. The molecule has 0 saturated carbocycles. The van der Waals surface area contributed by atoms with E-state index in [1.165, 1.54) is 13.2 Å². The minimum atomic E-state index is -0.388. The van der Waals surface area contributed by atoms with E-state index in [1.54, 1.807) is 24.0 Å². The van der Waals surface area contributed by atoms with E-state index in [9.17, 15) is 9.18 Å². The predicted molar refractivity (Wildman–Crippen MR) is 114 cm³/mol. The van der Waals surface area contributed by atoms with Crippen LogP contribution in [0, 0.1) is 5.82 Å². The molecule has 7 nitrogen and oxygen atoms in total. The summed E-state index contributed by atoms with van der Waals surface area (Å²) in [7, 11) is 5.07. The van der Waals surface area contributed by atoms with Crippen molar-refractivity contribution in [2.24, 2.45) is 7.05 Å². The average Bonchev–Trinajstić information content (AvgIpc) is 3.09. The molecule has 1 fully saturated rings. The van der Waals surface area contributed by atoms with Crippen LogP contribution in [0.25, 0.3) is 0 Å². The van der Waals surface area contributed by atoms with Gasteiger partial charge in [-0.15, -0.1) is 24.8 Å². The number of carbonyl (C=O) groups excluding carboxylic acids is 1. The molecular weight excluding hydrogens is 420 g/mol. The van der Waals surface area contributed by atoms with Crippen LogP contribution in [0.15, 0.2) is 30.6 Å². The van der Waals surface area contributed by atoms with Crippen molar-refractivity contribution in [3.05, 3.63) is 47.5 Å². The van der Waals surface area contributed by atoms with Gasteiger partial charge in [-0.3, -0.25) is 14.4 Å². The number of amides is 1. The van der Waals surface area contributed by atoms with Gasteiger partial charge < -0.3 is 15.0 Å². The highest BCUT2D eigenvalue weighted by molar-refractivity contribution is 5.85. The Hall–Kier alpha value is -1.87. The summed E-state index contributed by atoms with van der Waals surface area (Å²) in [6, 6.07) is 4.64. The molecule has 3 rings (SSSR count). The first kappa shape index (κ1) is 25.2. The fraction of sp³-hybridized carbons (Fsp3) is 0.474. The molecule has 2 heterocycles. The summed E-state index contributed by atoms with van der Waals surface area (Å²) in [5, 5.41) is 7.23. The molecule has 1 N–H and O–H groups in total.